The lowest BCUT2D eigenvalue weighted by Crippen LogP contribution is -2.17. The third kappa shape index (κ3) is 1.13. The Bertz CT molecular complexity index is 389. The third-order valence-corrected chi connectivity index (χ3v) is 2.91. The minimum absolute atomic E-state index is 0.0363. The summed E-state index contributed by atoms with van der Waals surface area (Å²) < 4.78 is 0.825. The SMILES string of the molecule is CN1Cc2c(N)ccc(Br)c2C1=O. The van der Waals surface area contributed by atoms with E-state index in [2.05, 4.69) is 15.9 Å². The van der Waals surface area contributed by atoms with E-state index in [9.17, 15) is 4.79 Å². The number of nitrogens with zero attached hydrogens (tertiary/aromatic N) is 1. The van der Waals surface area contributed by atoms with E-state index < -0.39 is 0 Å². The van der Waals surface area contributed by atoms with Gasteiger partial charge in [0.15, 0.2) is 0 Å². The van der Waals surface area contributed by atoms with Crippen molar-refractivity contribution in [1.82, 2.24) is 4.90 Å². The van der Waals surface area contributed by atoms with E-state index in [1.165, 1.54) is 0 Å². The molecule has 1 heterocycles. The van der Waals surface area contributed by atoms with Crippen LogP contribution in [0, 0.1) is 0 Å². The molecule has 0 saturated heterocycles. The van der Waals surface area contributed by atoms with E-state index in [0.29, 0.717) is 17.8 Å². The quantitative estimate of drug-likeness (QED) is 0.701. The van der Waals surface area contributed by atoms with Crippen molar-refractivity contribution in [2.45, 2.75) is 6.54 Å². The molecule has 0 radical (unpaired) electrons. The molecule has 68 valence electrons. The number of anilines is 1. The molecule has 13 heavy (non-hydrogen) atoms. The van der Waals surface area contributed by atoms with Gasteiger partial charge in [0.25, 0.3) is 5.91 Å². The summed E-state index contributed by atoms with van der Waals surface area (Å²) in [7, 11) is 1.77. The first kappa shape index (κ1) is 8.56. The van der Waals surface area contributed by atoms with Crippen LogP contribution in [0.2, 0.25) is 0 Å². The highest BCUT2D eigenvalue weighted by Gasteiger charge is 2.28. The van der Waals surface area contributed by atoms with Crippen LogP contribution >= 0.6 is 15.9 Å². The molecule has 0 fully saturated rings. The lowest BCUT2D eigenvalue weighted by Gasteiger charge is -2.05. The average molecular weight is 241 g/mol. The normalized spacial score (nSPS) is 14.9. The van der Waals surface area contributed by atoms with Crippen molar-refractivity contribution in [3.8, 4) is 0 Å². The first-order valence-corrected chi connectivity index (χ1v) is 4.73. The Kier molecular flexibility index (Phi) is 1.80. The fourth-order valence-electron chi connectivity index (χ4n) is 1.54. The molecule has 0 saturated carbocycles. The fraction of sp³-hybridized carbons (Fsp3) is 0.222. The van der Waals surface area contributed by atoms with Crippen molar-refractivity contribution in [1.29, 1.82) is 0 Å². The Hall–Kier alpha value is -1.03. The number of hydrogen-bond acceptors (Lipinski definition) is 2. The lowest BCUT2D eigenvalue weighted by molar-refractivity contribution is 0.0816. The largest absolute Gasteiger partial charge is 0.398 e. The summed E-state index contributed by atoms with van der Waals surface area (Å²) >= 11 is 3.35. The van der Waals surface area contributed by atoms with E-state index in [0.717, 1.165) is 10.0 Å². The molecule has 3 nitrogen and oxygen atoms in total. The molecular weight excluding hydrogens is 232 g/mol. The van der Waals surface area contributed by atoms with Gasteiger partial charge < -0.3 is 10.6 Å². The van der Waals surface area contributed by atoms with Crippen molar-refractivity contribution < 1.29 is 4.79 Å². The first-order chi connectivity index (χ1) is 6.11. The molecule has 2 N–H and O–H groups in total. The van der Waals surface area contributed by atoms with Gasteiger partial charge in [-0.2, -0.15) is 0 Å². The number of carbonyl (C=O) groups is 1. The predicted molar refractivity (Wildman–Crippen MR) is 54.4 cm³/mol. The smallest absolute Gasteiger partial charge is 0.255 e. The van der Waals surface area contributed by atoms with Crippen molar-refractivity contribution >= 4 is 27.5 Å². The number of benzene rings is 1. The zero-order chi connectivity index (χ0) is 9.59. The number of fused-ring (bicyclic) bond motifs is 1. The zero-order valence-electron chi connectivity index (χ0n) is 7.17. The fourth-order valence-corrected chi connectivity index (χ4v) is 2.08. The Morgan fingerprint density at radius 2 is 2.23 bits per heavy atom. The maximum Gasteiger partial charge on any atom is 0.255 e. The molecule has 4 heteroatoms. The van der Waals surface area contributed by atoms with Crippen molar-refractivity contribution in [3.05, 3.63) is 27.7 Å². The maximum absolute atomic E-state index is 11.6. The highest BCUT2D eigenvalue weighted by Crippen LogP contribution is 2.32. The van der Waals surface area contributed by atoms with Crippen LogP contribution in [0.15, 0.2) is 16.6 Å². The van der Waals surface area contributed by atoms with E-state index in [1.54, 1.807) is 11.9 Å². The number of nitrogens with two attached hydrogens (primary N) is 1. The summed E-state index contributed by atoms with van der Waals surface area (Å²) in [4.78, 5) is 13.3. The number of hydrogen-bond donors (Lipinski definition) is 1. The number of carbonyl (C=O) groups excluding carboxylic acids is 1. The molecular formula is C9H9BrN2O. The molecule has 0 aliphatic carbocycles. The summed E-state index contributed by atoms with van der Waals surface area (Å²) in [6, 6.07) is 3.63. The second-order valence-corrected chi connectivity index (χ2v) is 4.01. The van der Waals surface area contributed by atoms with Gasteiger partial charge in [-0.15, -0.1) is 0 Å². The van der Waals surface area contributed by atoms with Gasteiger partial charge in [-0.3, -0.25) is 4.79 Å². The van der Waals surface area contributed by atoms with Gasteiger partial charge in [-0.05, 0) is 28.1 Å². The minimum Gasteiger partial charge on any atom is -0.398 e. The molecule has 1 aromatic rings. The molecule has 1 amide bonds. The lowest BCUT2D eigenvalue weighted by atomic mass is 10.1. The predicted octanol–water partition coefficient (Wildman–Crippen LogP) is 1.62. The van der Waals surface area contributed by atoms with Crippen molar-refractivity contribution in [3.63, 3.8) is 0 Å². The Morgan fingerprint density at radius 1 is 1.54 bits per heavy atom. The van der Waals surface area contributed by atoms with Crippen LogP contribution in [0.4, 0.5) is 5.69 Å². The maximum atomic E-state index is 11.6. The Balaban J connectivity index is 2.68. The van der Waals surface area contributed by atoms with E-state index in [-0.39, 0.29) is 5.91 Å². The van der Waals surface area contributed by atoms with Gasteiger partial charge in [0.1, 0.15) is 0 Å². The minimum atomic E-state index is 0.0363. The zero-order valence-corrected chi connectivity index (χ0v) is 8.76. The summed E-state index contributed by atoms with van der Waals surface area (Å²) in [6.45, 7) is 0.611. The Labute approximate surface area is 84.6 Å². The number of halogens is 1. The molecule has 0 aromatic heterocycles. The topological polar surface area (TPSA) is 46.3 Å². The van der Waals surface area contributed by atoms with Gasteiger partial charge in [0, 0.05) is 29.3 Å². The van der Waals surface area contributed by atoms with E-state index >= 15 is 0 Å². The molecule has 0 spiro atoms. The van der Waals surface area contributed by atoms with Crippen LogP contribution in [0.3, 0.4) is 0 Å². The summed E-state index contributed by atoms with van der Waals surface area (Å²) in [5.41, 5.74) is 8.10. The monoisotopic (exact) mass is 240 g/mol. The van der Waals surface area contributed by atoms with Crippen LogP contribution in [-0.2, 0) is 6.54 Å². The summed E-state index contributed by atoms with van der Waals surface area (Å²) in [5.74, 6) is 0.0363. The molecule has 1 aliphatic rings. The Morgan fingerprint density at radius 3 is 2.85 bits per heavy atom. The second kappa shape index (κ2) is 2.73. The van der Waals surface area contributed by atoms with Gasteiger partial charge in [0.2, 0.25) is 0 Å². The second-order valence-electron chi connectivity index (χ2n) is 3.15. The van der Waals surface area contributed by atoms with E-state index in [4.69, 9.17) is 5.73 Å². The van der Waals surface area contributed by atoms with Crippen LogP contribution in [0.1, 0.15) is 15.9 Å². The molecule has 0 bridgehead atoms. The van der Waals surface area contributed by atoms with Crippen LogP contribution in [-0.4, -0.2) is 17.9 Å². The molecule has 0 unspecified atom stereocenters. The van der Waals surface area contributed by atoms with E-state index in [1.807, 2.05) is 12.1 Å². The third-order valence-electron chi connectivity index (χ3n) is 2.25. The average Bonchev–Trinajstić information content (AvgIpc) is 2.38. The molecule has 1 aliphatic heterocycles. The standard InChI is InChI=1S/C9H9BrN2O/c1-12-4-5-7(11)3-2-6(10)8(5)9(12)13/h2-3H,4,11H2,1H3. The number of nitrogen functional groups attached to an aromatic ring is 1. The van der Waals surface area contributed by atoms with Gasteiger partial charge in [0.05, 0.1) is 5.56 Å². The van der Waals surface area contributed by atoms with Gasteiger partial charge in [-0.1, -0.05) is 0 Å². The molecule has 0 atom stereocenters. The number of amides is 1. The van der Waals surface area contributed by atoms with Crippen LogP contribution in [0.5, 0.6) is 0 Å². The van der Waals surface area contributed by atoms with Crippen LogP contribution in [0.25, 0.3) is 0 Å². The van der Waals surface area contributed by atoms with Crippen LogP contribution < -0.4 is 5.73 Å². The highest BCUT2D eigenvalue weighted by atomic mass is 79.9. The van der Waals surface area contributed by atoms with Gasteiger partial charge in [-0.25, -0.2) is 0 Å². The van der Waals surface area contributed by atoms with Crippen molar-refractivity contribution in [2.75, 3.05) is 12.8 Å². The number of rotatable bonds is 0. The van der Waals surface area contributed by atoms with Crippen molar-refractivity contribution in [2.24, 2.45) is 0 Å². The molecule has 1 aromatic carbocycles. The summed E-state index contributed by atoms with van der Waals surface area (Å²) in [6.07, 6.45) is 0. The van der Waals surface area contributed by atoms with Gasteiger partial charge >= 0.3 is 0 Å². The highest BCUT2D eigenvalue weighted by molar-refractivity contribution is 9.10. The first-order valence-electron chi connectivity index (χ1n) is 3.93. The summed E-state index contributed by atoms with van der Waals surface area (Å²) in [5, 5.41) is 0. The molecule has 2 rings (SSSR count).